The third kappa shape index (κ3) is 6.73. The molecule has 3 nitrogen and oxygen atoms in total. The lowest BCUT2D eigenvalue weighted by Gasteiger charge is -2.48. The lowest BCUT2D eigenvalue weighted by atomic mass is 9.32. The summed E-state index contributed by atoms with van der Waals surface area (Å²) in [7, 11) is 0. The Hall–Kier alpha value is -4.96. The van der Waals surface area contributed by atoms with Crippen molar-refractivity contribution in [2.75, 3.05) is 9.80 Å². The molecule has 12 rings (SSSR count). The Morgan fingerprint density at radius 3 is 1.38 bits per heavy atom. The van der Waals surface area contributed by atoms with E-state index in [2.05, 4.69) is 212 Å². The van der Waals surface area contributed by atoms with Crippen LogP contribution in [0, 0.1) is 6.92 Å². The zero-order valence-corrected chi connectivity index (χ0v) is 46.6. The molecular formula is C67H81BN2O. The maximum Gasteiger partial charge on any atom is 0.256 e. The fourth-order valence-electron chi connectivity index (χ4n) is 14.9. The molecule has 0 atom stereocenters. The van der Waals surface area contributed by atoms with Crippen LogP contribution in [0.15, 0.2) is 89.3 Å². The van der Waals surface area contributed by atoms with Gasteiger partial charge in [0.05, 0.1) is 0 Å². The zero-order chi connectivity index (χ0) is 50.5. The van der Waals surface area contributed by atoms with E-state index in [1.165, 1.54) is 138 Å². The highest BCUT2D eigenvalue weighted by Crippen LogP contribution is 2.57. The van der Waals surface area contributed by atoms with Crippen molar-refractivity contribution < 1.29 is 4.42 Å². The summed E-state index contributed by atoms with van der Waals surface area (Å²) < 4.78 is 7.84. The molecule has 0 N–H and O–H groups in total. The smallest absolute Gasteiger partial charge is 0.256 e. The Balaban J connectivity index is 1.26. The fourth-order valence-corrected chi connectivity index (χ4v) is 14.9. The van der Waals surface area contributed by atoms with Gasteiger partial charge < -0.3 is 9.32 Å². The summed E-state index contributed by atoms with van der Waals surface area (Å²) >= 11 is 0. The summed E-state index contributed by atoms with van der Waals surface area (Å²) in [4.78, 5) is 5.35. The van der Waals surface area contributed by atoms with Crippen LogP contribution in [0.25, 0.3) is 11.1 Å². The average molecular weight is 941 g/mol. The van der Waals surface area contributed by atoms with E-state index in [0.717, 1.165) is 25.1 Å². The number of rotatable bonds is 3. The normalized spacial score (nSPS) is 22.5. The summed E-state index contributed by atoms with van der Waals surface area (Å²) in [6, 6.07) is 34.7. The SMILES string of the molecule is Cc1ccccc1-c1cc2c3c(c1)N(c1ccc4c(c1)C(C)(C)CCC4(C)C)c1oc4c(c1B3c1cc3c(cc1N2c1ccc2c(c1)C(C)(C)CCC2(C)C)C(C)(C)CCC3(C)C)C(C)(C)CCC4(C)C. The maximum absolute atomic E-state index is 7.84. The molecule has 0 radical (unpaired) electrons. The molecular weight excluding hydrogens is 860 g/mol. The van der Waals surface area contributed by atoms with E-state index in [-0.39, 0.29) is 50.0 Å². The number of nitrogens with zero attached hydrogens (tertiary/aromatic N) is 2. The van der Waals surface area contributed by atoms with E-state index < -0.39 is 0 Å². The van der Waals surface area contributed by atoms with Gasteiger partial charge in [-0.3, -0.25) is 4.90 Å². The first-order valence-electron chi connectivity index (χ1n) is 27.6. The lowest BCUT2D eigenvalue weighted by molar-refractivity contribution is 0.280. The van der Waals surface area contributed by atoms with Crippen LogP contribution in [0.4, 0.5) is 34.3 Å². The first-order chi connectivity index (χ1) is 33.0. The van der Waals surface area contributed by atoms with E-state index >= 15 is 0 Å². The molecule has 0 spiro atoms. The average Bonchev–Trinajstić information content (AvgIpc) is 3.73. The Morgan fingerprint density at radius 2 is 0.845 bits per heavy atom. The molecule has 6 aliphatic rings. The topological polar surface area (TPSA) is 19.6 Å². The van der Waals surface area contributed by atoms with Gasteiger partial charge in [0.15, 0.2) is 5.88 Å². The van der Waals surface area contributed by atoms with E-state index in [1.54, 1.807) is 0 Å². The van der Waals surface area contributed by atoms with E-state index in [9.17, 15) is 0 Å². The number of anilines is 6. The molecule has 0 unspecified atom stereocenters. The van der Waals surface area contributed by atoms with Crippen LogP contribution in [-0.4, -0.2) is 6.71 Å². The highest BCUT2D eigenvalue weighted by Gasteiger charge is 2.54. The Labute approximate surface area is 428 Å². The van der Waals surface area contributed by atoms with Gasteiger partial charge in [-0.1, -0.05) is 153 Å². The standard InChI is InChI=1S/C67H81BN2O/c1-40-20-18-19-21-44(40)41-34-53-56-54(35-41)70(43-23-25-46-48(37-43)63(8,9)29-27-61(46,4)5)59-57(55-58(71-59)67(16,17)33-32-66(55,14)15)68(56)51-38-49-50(65(12,13)31-30-64(49,10)11)39-52(51)69(53)42-22-24-45-47(36-42)62(6,7)28-26-60(45,2)3/h18-25,34-39H,26-33H2,1-17H3. The minimum absolute atomic E-state index is 0.0313. The number of benzene rings is 5. The summed E-state index contributed by atoms with van der Waals surface area (Å²) in [6.07, 6.45) is 9.27. The van der Waals surface area contributed by atoms with Gasteiger partial charge in [0.2, 0.25) is 0 Å². The van der Waals surface area contributed by atoms with Gasteiger partial charge in [0.25, 0.3) is 6.71 Å². The largest absolute Gasteiger partial charge is 0.444 e. The summed E-state index contributed by atoms with van der Waals surface area (Å²) in [5.41, 5.74) is 24.9. The second-order valence-electron chi connectivity index (χ2n) is 28.9. The number of hydrogen-bond donors (Lipinski definition) is 0. The van der Waals surface area contributed by atoms with Gasteiger partial charge in [-0.25, -0.2) is 0 Å². The number of furan rings is 1. The molecule has 2 aliphatic heterocycles. The Bertz CT molecular complexity index is 3250. The van der Waals surface area contributed by atoms with Crippen molar-refractivity contribution in [1.29, 1.82) is 0 Å². The molecule has 0 saturated heterocycles. The predicted octanol–water partition coefficient (Wildman–Crippen LogP) is 16.7. The van der Waals surface area contributed by atoms with Crippen molar-refractivity contribution in [3.05, 3.63) is 135 Å². The van der Waals surface area contributed by atoms with Crippen molar-refractivity contribution in [3.63, 3.8) is 0 Å². The monoisotopic (exact) mass is 941 g/mol. The predicted molar refractivity (Wildman–Crippen MR) is 304 cm³/mol. The first-order valence-corrected chi connectivity index (χ1v) is 27.6. The van der Waals surface area contributed by atoms with Crippen LogP contribution in [-0.2, 0) is 43.3 Å². The molecule has 368 valence electrons. The van der Waals surface area contributed by atoms with Gasteiger partial charge >= 0.3 is 0 Å². The second kappa shape index (κ2) is 14.6. The minimum Gasteiger partial charge on any atom is -0.444 e. The molecule has 0 fully saturated rings. The van der Waals surface area contributed by atoms with Gasteiger partial charge in [0.1, 0.15) is 5.76 Å². The first kappa shape index (κ1) is 47.1. The molecule has 71 heavy (non-hydrogen) atoms. The highest BCUT2D eigenvalue weighted by molar-refractivity contribution is 7.00. The third-order valence-electron chi connectivity index (χ3n) is 20.2. The minimum atomic E-state index is -0.119. The van der Waals surface area contributed by atoms with E-state index in [0.29, 0.717) is 0 Å². The Morgan fingerprint density at radius 1 is 0.408 bits per heavy atom. The molecule has 0 saturated carbocycles. The van der Waals surface area contributed by atoms with Crippen molar-refractivity contribution in [2.24, 2.45) is 0 Å². The molecule has 4 aliphatic carbocycles. The van der Waals surface area contributed by atoms with Crippen molar-refractivity contribution >= 4 is 57.4 Å². The van der Waals surface area contributed by atoms with Crippen LogP contribution >= 0.6 is 0 Å². The molecule has 0 bridgehead atoms. The van der Waals surface area contributed by atoms with Gasteiger partial charge in [-0.2, -0.15) is 0 Å². The molecule has 6 aromatic rings. The Kier molecular flexibility index (Phi) is 9.70. The summed E-state index contributed by atoms with van der Waals surface area (Å²) in [6.45, 7) is 41.9. The van der Waals surface area contributed by atoms with Crippen LogP contribution in [0.5, 0.6) is 0 Å². The molecule has 4 heteroatoms. The number of aryl methyl sites for hydroxylation is 1. The fraction of sp³-hybridized carbons (Fsp3) is 0.493. The van der Waals surface area contributed by atoms with Crippen LogP contribution in [0.2, 0.25) is 0 Å². The zero-order valence-electron chi connectivity index (χ0n) is 46.6. The lowest BCUT2D eigenvalue weighted by Crippen LogP contribution is -2.63. The quantitative estimate of drug-likeness (QED) is 0.165. The highest BCUT2D eigenvalue weighted by atomic mass is 16.4. The van der Waals surface area contributed by atoms with Gasteiger partial charge in [-0.15, -0.1) is 0 Å². The summed E-state index contributed by atoms with van der Waals surface area (Å²) in [5, 5.41) is 0. The third-order valence-corrected chi connectivity index (χ3v) is 20.2. The molecule has 3 heterocycles. The van der Waals surface area contributed by atoms with Crippen molar-refractivity contribution in [1.82, 2.24) is 0 Å². The van der Waals surface area contributed by atoms with E-state index in [4.69, 9.17) is 4.42 Å². The molecule has 5 aromatic carbocycles. The number of hydrogen-bond acceptors (Lipinski definition) is 3. The van der Waals surface area contributed by atoms with Crippen molar-refractivity contribution in [3.8, 4) is 11.1 Å². The van der Waals surface area contributed by atoms with Crippen LogP contribution in [0.3, 0.4) is 0 Å². The number of fused-ring (bicyclic) bond motifs is 9. The molecule has 1 aromatic heterocycles. The van der Waals surface area contributed by atoms with Gasteiger partial charge in [-0.05, 0) is 211 Å². The van der Waals surface area contributed by atoms with E-state index in [1.807, 2.05) is 0 Å². The van der Waals surface area contributed by atoms with Crippen LogP contribution in [0.1, 0.15) is 212 Å². The molecule has 0 amide bonds. The maximum atomic E-state index is 7.84. The van der Waals surface area contributed by atoms with Crippen LogP contribution < -0.4 is 26.2 Å². The second-order valence-corrected chi connectivity index (χ2v) is 28.9. The van der Waals surface area contributed by atoms with Gasteiger partial charge in [0, 0.05) is 33.9 Å². The van der Waals surface area contributed by atoms with Crippen molar-refractivity contribution in [2.45, 2.75) is 212 Å². The summed E-state index contributed by atoms with van der Waals surface area (Å²) in [5.74, 6) is 2.20.